The van der Waals surface area contributed by atoms with E-state index in [0.717, 1.165) is 30.4 Å². The lowest BCUT2D eigenvalue weighted by Crippen LogP contribution is -2.41. The average molecular weight is 423 g/mol. The lowest BCUT2D eigenvalue weighted by molar-refractivity contribution is 0.268. The van der Waals surface area contributed by atoms with Crippen molar-refractivity contribution in [2.75, 3.05) is 11.3 Å². The first-order chi connectivity index (χ1) is 13.1. The van der Waals surface area contributed by atoms with Crippen LogP contribution in [0.25, 0.3) is 0 Å². The van der Waals surface area contributed by atoms with Gasteiger partial charge < -0.3 is 0 Å². The summed E-state index contributed by atoms with van der Waals surface area (Å²) < 4.78 is 55.0. The van der Waals surface area contributed by atoms with Gasteiger partial charge in [0.2, 0.25) is 10.0 Å². The molecule has 1 aliphatic heterocycles. The molecule has 1 saturated heterocycles. The zero-order valence-electron chi connectivity index (χ0n) is 16.3. The topological polar surface area (TPSA) is 83.5 Å². The van der Waals surface area contributed by atoms with Crippen molar-refractivity contribution in [3.05, 3.63) is 53.6 Å². The Bertz CT molecular complexity index is 1060. The Hall–Kier alpha value is -1.90. The monoisotopic (exact) mass is 422 g/mol. The fourth-order valence-electron chi connectivity index (χ4n) is 3.35. The molecular weight excluding hydrogens is 396 g/mol. The van der Waals surface area contributed by atoms with E-state index in [-0.39, 0.29) is 15.8 Å². The molecule has 0 aromatic heterocycles. The van der Waals surface area contributed by atoms with Crippen LogP contribution in [0.4, 0.5) is 5.69 Å². The lowest BCUT2D eigenvalue weighted by Gasteiger charge is -2.32. The summed E-state index contributed by atoms with van der Waals surface area (Å²) in [6.07, 6.45) is 2.75. The van der Waals surface area contributed by atoms with Crippen LogP contribution < -0.4 is 4.72 Å². The van der Waals surface area contributed by atoms with E-state index in [9.17, 15) is 16.8 Å². The predicted octanol–water partition coefficient (Wildman–Crippen LogP) is 3.67. The molecular formula is C20H26N2O4S2. The van der Waals surface area contributed by atoms with Gasteiger partial charge in [-0.15, -0.1) is 0 Å². The number of nitrogens with one attached hydrogen (secondary N) is 1. The van der Waals surface area contributed by atoms with Crippen molar-refractivity contribution in [1.82, 2.24) is 4.31 Å². The number of aryl methyl sites for hydroxylation is 2. The highest BCUT2D eigenvalue weighted by molar-refractivity contribution is 7.92. The van der Waals surface area contributed by atoms with Gasteiger partial charge in [-0.1, -0.05) is 12.5 Å². The Morgan fingerprint density at radius 3 is 2.14 bits per heavy atom. The molecule has 0 amide bonds. The van der Waals surface area contributed by atoms with Gasteiger partial charge in [-0.3, -0.25) is 4.72 Å². The average Bonchev–Trinajstić information content (AvgIpc) is 2.64. The molecule has 6 nitrogen and oxygen atoms in total. The Morgan fingerprint density at radius 1 is 0.893 bits per heavy atom. The third kappa shape index (κ3) is 4.24. The molecule has 1 N–H and O–H groups in total. The standard InChI is InChI=1S/C20H26N2O4S2/c1-15-7-10-20(14-16(15)2)27(23,24)21-18-8-11-19(12-9-18)28(25,26)22-13-5-4-6-17(22)3/h7-12,14,17,21H,4-6,13H2,1-3H3. The van der Waals surface area contributed by atoms with Crippen molar-refractivity contribution in [2.45, 2.75) is 55.9 Å². The van der Waals surface area contributed by atoms with E-state index in [1.807, 2.05) is 20.8 Å². The second-order valence-electron chi connectivity index (χ2n) is 7.34. The summed E-state index contributed by atoms with van der Waals surface area (Å²) in [5.41, 5.74) is 2.23. The van der Waals surface area contributed by atoms with E-state index in [1.165, 1.54) is 28.6 Å². The number of benzene rings is 2. The number of nitrogens with zero attached hydrogens (tertiary/aromatic N) is 1. The van der Waals surface area contributed by atoms with Gasteiger partial charge in [-0.25, -0.2) is 16.8 Å². The summed E-state index contributed by atoms with van der Waals surface area (Å²) >= 11 is 0. The van der Waals surface area contributed by atoms with Crippen molar-refractivity contribution >= 4 is 25.7 Å². The summed E-state index contributed by atoms with van der Waals surface area (Å²) in [5.74, 6) is 0. The Morgan fingerprint density at radius 2 is 1.54 bits per heavy atom. The highest BCUT2D eigenvalue weighted by Crippen LogP contribution is 2.26. The normalized spacial score (nSPS) is 18.8. The van der Waals surface area contributed by atoms with Gasteiger partial charge in [0.1, 0.15) is 0 Å². The highest BCUT2D eigenvalue weighted by Gasteiger charge is 2.30. The number of rotatable bonds is 5. The summed E-state index contributed by atoms with van der Waals surface area (Å²) in [7, 11) is -7.32. The van der Waals surface area contributed by atoms with Gasteiger partial charge in [-0.2, -0.15) is 4.31 Å². The molecule has 1 aliphatic rings. The smallest absolute Gasteiger partial charge is 0.261 e. The van der Waals surface area contributed by atoms with Crippen LogP contribution in [-0.4, -0.2) is 33.7 Å². The second kappa shape index (κ2) is 7.85. The number of sulfonamides is 2. The summed E-state index contributed by atoms with van der Waals surface area (Å²) in [6.45, 7) is 6.21. The number of piperidine rings is 1. The third-order valence-corrected chi connectivity index (χ3v) is 8.65. The molecule has 2 aromatic rings. The molecule has 0 aliphatic carbocycles. The van der Waals surface area contributed by atoms with Crippen LogP contribution in [0.1, 0.15) is 37.3 Å². The van der Waals surface area contributed by atoms with Crippen LogP contribution in [0.15, 0.2) is 52.3 Å². The fraction of sp³-hybridized carbons (Fsp3) is 0.400. The number of hydrogen-bond acceptors (Lipinski definition) is 4. The molecule has 0 bridgehead atoms. The molecule has 2 aromatic carbocycles. The van der Waals surface area contributed by atoms with Crippen LogP contribution >= 0.6 is 0 Å². The van der Waals surface area contributed by atoms with E-state index in [0.29, 0.717) is 12.2 Å². The molecule has 152 valence electrons. The van der Waals surface area contributed by atoms with Crippen LogP contribution in [0.3, 0.4) is 0 Å². The Balaban J connectivity index is 1.81. The minimum Gasteiger partial charge on any atom is -0.280 e. The van der Waals surface area contributed by atoms with E-state index >= 15 is 0 Å². The molecule has 0 spiro atoms. The van der Waals surface area contributed by atoms with Crippen LogP contribution in [0.2, 0.25) is 0 Å². The van der Waals surface area contributed by atoms with Gasteiger partial charge in [0.25, 0.3) is 10.0 Å². The first kappa shape index (κ1) is 20.8. The zero-order chi connectivity index (χ0) is 20.5. The Labute approximate surface area is 167 Å². The van der Waals surface area contributed by atoms with Gasteiger partial charge in [0.05, 0.1) is 9.79 Å². The third-order valence-electron chi connectivity index (χ3n) is 5.24. The maximum Gasteiger partial charge on any atom is 0.261 e. The molecule has 0 saturated carbocycles. The molecule has 1 heterocycles. The maximum atomic E-state index is 12.9. The molecule has 8 heteroatoms. The van der Waals surface area contributed by atoms with Gasteiger partial charge >= 0.3 is 0 Å². The molecule has 28 heavy (non-hydrogen) atoms. The molecule has 1 atom stereocenters. The second-order valence-corrected chi connectivity index (χ2v) is 10.9. The first-order valence-corrected chi connectivity index (χ1v) is 12.3. The number of hydrogen-bond donors (Lipinski definition) is 1. The van der Waals surface area contributed by atoms with E-state index in [4.69, 9.17) is 0 Å². The van der Waals surface area contributed by atoms with Crippen molar-refractivity contribution in [3.8, 4) is 0 Å². The van der Waals surface area contributed by atoms with E-state index in [1.54, 1.807) is 18.2 Å². The van der Waals surface area contributed by atoms with E-state index in [2.05, 4.69) is 4.72 Å². The van der Waals surface area contributed by atoms with Crippen molar-refractivity contribution in [3.63, 3.8) is 0 Å². The number of anilines is 1. The lowest BCUT2D eigenvalue weighted by atomic mass is 10.1. The van der Waals surface area contributed by atoms with Crippen LogP contribution in [0.5, 0.6) is 0 Å². The van der Waals surface area contributed by atoms with Crippen molar-refractivity contribution < 1.29 is 16.8 Å². The quantitative estimate of drug-likeness (QED) is 0.797. The summed E-state index contributed by atoms with van der Waals surface area (Å²) in [6, 6.07) is 10.8. The highest BCUT2D eigenvalue weighted by atomic mass is 32.2. The first-order valence-electron chi connectivity index (χ1n) is 9.33. The summed E-state index contributed by atoms with van der Waals surface area (Å²) in [4.78, 5) is 0.352. The van der Waals surface area contributed by atoms with Gasteiger partial charge in [0, 0.05) is 18.3 Å². The van der Waals surface area contributed by atoms with Crippen LogP contribution in [-0.2, 0) is 20.0 Å². The fourth-order valence-corrected chi connectivity index (χ4v) is 6.20. The van der Waals surface area contributed by atoms with Crippen molar-refractivity contribution in [2.24, 2.45) is 0 Å². The molecule has 1 unspecified atom stereocenters. The largest absolute Gasteiger partial charge is 0.280 e. The maximum absolute atomic E-state index is 12.9. The SMILES string of the molecule is Cc1ccc(S(=O)(=O)Nc2ccc(S(=O)(=O)N3CCCCC3C)cc2)cc1C. The van der Waals surface area contributed by atoms with Gasteiger partial charge in [0.15, 0.2) is 0 Å². The molecule has 3 rings (SSSR count). The molecule has 0 radical (unpaired) electrons. The van der Waals surface area contributed by atoms with Gasteiger partial charge in [-0.05, 0) is 81.1 Å². The Kier molecular flexibility index (Phi) is 5.84. The molecule has 1 fully saturated rings. The predicted molar refractivity (Wildman–Crippen MR) is 110 cm³/mol. The minimum absolute atomic E-state index is 0.0262. The van der Waals surface area contributed by atoms with Crippen molar-refractivity contribution in [1.29, 1.82) is 0 Å². The zero-order valence-corrected chi connectivity index (χ0v) is 18.0. The van der Waals surface area contributed by atoms with E-state index < -0.39 is 20.0 Å². The van der Waals surface area contributed by atoms with Crippen LogP contribution in [0, 0.1) is 13.8 Å². The summed E-state index contributed by atoms with van der Waals surface area (Å²) in [5, 5.41) is 0. The minimum atomic E-state index is -3.74.